The third kappa shape index (κ3) is 2.98. The molecule has 0 aromatic carbocycles. The SMILES string of the molecule is CCOC(=O)c1sc2ncnc(N3CCC(C)C(OC)C3)c2c1C. The van der Waals surface area contributed by atoms with Crippen LogP contribution in [0, 0.1) is 12.8 Å². The topological polar surface area (TPSA) is 64.5 Å². The zero-order chi connectivity index (χ0) is 17.3. The lowest BCUT2D eigenvalue weighted by Crippen LogP contribution is -2.44. The van der Waals surface area contributed by atoms with Crippen molar-refractivity contribution in [2.45, 2.75) is 33.3 Å². The molecule has 3 heterocycles. The van der Waals surface area contributed by atoms with Crippen LogP contribution in [0.4, 0.5) is 5.82 Å². The molecule has 0 amide bonds. The highest BCUT2D eigenvalue weighted by Gasteiger charge is 2.29. The number of rotatable bonds is 4. The molecule has 1 fully saturated rings. The second kappa shape index (κ2) is 7.03. The van der Waals surface area contributed by atoms with Gasteiger partial charge in [0.15, 0.2) is 0 Å². The predicted octanol–water partition coefficient (Wildman–Crippen LogP) is 3.04. The molecule has 6 nitrogen and oxygen atoms in total. The summed E-state index contributed by atoms with van der Waals surface area (Å²) in [5, 5.41) is 0.954. The number of esters is 1. The van der Waals surface area contributed by atoms with Crippen LogP contribution in [0.25, 0.3) is 10.2 Å². The van der Waals surface area contributed by atoms with Crippen molar-refractivity contribution in [2.75, 3.05) is 31.7 Å². The van der Waals surface area contributed by atoms with Crippen molar-refractivity contribution in [1.29, 1.82) is 0 Å². The summed E-state index contributed by atoms with van der Waals surface area (Å²) in [6, 6.07) is 0. The molecule has 2 atom stereocenters. The van der Waals surface area contributed by atoms with Crippen LogP contribution in [0.2, 0.25) is 0 Å². The van der Waals surface area contributed by atoms with Gasteiger partial charge in [-0.1, -0.05) is 6.92 Å². The summed E-state index contributed by atoms with van der Waals surface area (Å²) in [5.41, 5.74) is 0.900. The Morgan fingerprint density at radius 1 is 1.46 bits per heavy atom. The van der Waals surface area contributed by atoms with Crippen LogP contribution in [0.5, 0.6) is 0 Å². The highest BCUT2D eigenvalue weighted by atomic mass is 32.1. The first-order chi connectivity index (χ1) is 11.6. The van der Waals surface area contributed by atoms with E-state index in [4.69, 9.17) is 9.47 Å². The van der Waals surface area contributed by atoms with Gasteiger partial charge in [-0.05, 0) is 31.7 Å². The number of hydrogen-bond donors (Lipinski definition) is 0. The minimum Gasteiger partial charge on any atom is -0.462 e. The number of anilines is 1. The van der Waals surface area contributed by atoms with Crippen LogP contribution in [0.15, 0.2) is 6.33 Å². The average Bonchev–Trinajstić information content (AvgIpc) is 2.93. The fourth-order valence-electron chi connectivity index (χ4n) is 3.22. The molecule has 0 spiro atoms. The first kappa shape index (κ1) is 17.1. The van der Waals surface area contributed by atoms with Crippen molar-refractivity contribution in [3.8, 4) is 0 Å². The molecular formula is C17H23N3O3S. The van der Waals surface area contributed by atoms with E-state index in [2.05, 4.69) is 21.8 Å². The van der Waals surface area contributed by atoms with Gasteiger partial charge in [-0.2, -0.15) is 0 Å². The Balaban J connectivity index is 2.01. The average molecular weight is 349 g/mol. The molecule has 3 rings (SSSR count). The van der Waals surface area contributed by atoms with E-state index in [1.807, 2.05) is 13.8 Å². The van der Waals surface area contributed by atoms with E-state index in [0.29, 0.717) is 17.4 Å². The number of aryl methyl sites for hydroxylation is 1. The number of piperidine rings is 1. The van der Waals surface area contributed by atoms with E-state index < -0.39 is 0 Å². The number of fused-ring (bicyclic) bond motifs is 1. The minimum absolute atomic E-state index is 0.187. The summed E-state index contributed by atoms with van der Waals surface area (Å²) in [6.07, 6.45) is 2.81. The fourth-order valence-corrected chi connectivity index (χ4v) is 4.25. The molecule has 2 aromatic rings. The standard InChI is InChI=1S/C17H23N3O3S/c1-5-23-17(21)14-11(3)13-15(18-9-19-16(13)24-14)20-7-6-10(2)12(8-20)22-4/h9-10,12H,5-8H2,1-4H3. The fraction of sp³-hybridized carbons (Fsp3) is 0.588. The molecule has 1 saturated heterocycles. The summed E-state index contributed by atoms with van der Waals surface area (Å²) in [4.78, 5) is 24.7. The van der Waals surface area contributed by atoms with Crippen molar-refractivity contribution >= 4 is 33.3 Å². The van der Waals surface area contributed by atoms with Crippen LogP contribution < -0.4 is 4.90 Å². The van der Waals surface area contributed by atoms with E-state index >= 15 is 0 Å². The Labute approximate surface area is 145 Å². The number of ether oxygens (including phenoxy) is 2. The van der Waals surface area contributed by atoms with Crippen molar-refractivity contribution in [3.63, 3.8) is 0 Å². The van der Waals surface area contributed by atoms with Crippen LogP contribution in [-0.2, 0) is 9.47 Å². The Hall–Kier alpha value is -1.73. The second-order valence-corrected chi connectivity index (χ2v) is 7.14. The van der Waals surface area contributed by atoms with Gasteiger partial charge in [0, 0.05) is 20.2 Å². The van der Waals surface area contributed by atoms with Crippen LogP contribution in [0.1, 0.15) is 35.5 Å². The lowest BCUT2D eigenvalue weighted by atomic mass is 9.95. The molecule has 0 radical (unpaired) electrons. The van der Waals surface area contributed by atoms with Crippen LogP contribution in [-0.4, -0.2) is 48.8 Å². The molecular weight excluding hydrogens is 326 g/mol. The normalized spacial score (nSPS) is 21.2. The maximum atomic E-state index is 12.2. The van der Waals surface area contributed by atoms with E-state index in [1.165, 1.54) is 11.3 Å². The van der Waals surface area contributed by atoms with Crippen molar-refractivity contribution in [3.05, 3.63) is 16.8 Å². The predicted molar refractivity (Wildman–Crippen MR) is 94.9 cm³/mol. The van der Waals surface area contributed by atoms with E-state index in [0.717, 1.165) is 41.1 Å². The Bertz CT molecular complexity index is 746. The molecule has 7 heteroatoms. The number of thiophene rings is 1. The smallest absolute Gasteiger partial charge is 0.348 e. The third-order valence-corrected chi connectivity index (χ3v) is 5.84. The van der Waals surface area contributed by atoms with Crippen molar-refractivity contribution in [1.82, 2.24) is 9.97 Å². The van der Waals surface area contributed by atoms with Gasteiger partial charge in [-0.25, -0.2) is 14.8 Å². The highest BCUT2D eigenvalue weighted by Crippen LogP contribution is 2.36. The summed E-state index contributed by atoms with van der Waals surface area (Å²) < 4.78 is 10.8. The molecule has 0 N–H and O–H groups in total. The monoisotopic (exact) mass is 349 g/mol. The van der Waals surface area contributed by atoms with Crippen LogP contribution >= 0.6 is 11.3 Å². The molecule has 2 aromatic heterocycles. The van der Waals surface area contributed by atoms with Crippen LogP contribution in [0.3, 0.4) is 0 Å². The first-order valence-corrected chi connectivity index (χ1v) is 9.07. The lowest BCUT2D eigenvalue weighted by Gasteiger charge is -2.37. The number of nitrogens with zero attached hydrogens (tertiary/aromatic N) is 3. The third-order valence-electron chi connectivity index (χ3n) is 4.66. The van der Waals surface area contributed by atoms with Gasteiger partial charge in [-0.3, -0.25) is 0 Å². The summed E-state index contributed by atoms with van der Waals surface area (Å²) in [6.45, 7) is 8.06. The lowest BCUT2D eigenvalue weighted by molar-refractivity contribution is 0.0497. The number of carbonyl (C=O) groups excluding carboxylic acids is 1. The first-order valence-electron chi connectivity index (χ1n) is 8.25. The molecule has 1 aliphatic heterocycles. The molecule has 0 bridgehead atoms. The Kier molecular flexibility index (Phi) is 5.01. The number of carbonyl (C=O) groups is 1. The summed E-state index contributed by atoms with van der Waals surface area (Å²) >= 11 is 1.37. The summed E-state index contributed by atoms with van der Waals surface area (Å²) in [7, 11) is 1.76. The Morgan fingerprint density at radius 3 is 2.96 bits per heavy atom. The Morgan fingerprint density at radius 2 is 2.25 bits per heavy atom. The largest absolute Gasteiger partial charge is 0.462 e. The maximum absolute atomic E-state index is 12.2. The van der Waals surface area contributed by atoms with E-state index in [-0.39, 0.29) is 12.1 Å². The maximum Gasteiger partial charge on any atom is 0.348 e. The summed E-state index contributed by atoms with van der Waals surface area (Å²) in [5.74, 6) is 1.13. The van der Waals surface area contributed by atoms with Gasteiger partial charge >= 0.3 is 5.97 Å². The second-order valence-electron chi connectivity index (χ2n) is 6.14. The highest BCUT2D eigenvalue weighted by molar-refractivity contribution is 7.20. The number of hydrogen-bond acceptors (Lipinski definition) is 7. The van der Waals surface area contributed by atoms with Gasteiger partial charge in [0.25, 0.3) is 0 Å². The van der Waals surface area contributed by atoms with Gasteiger partial charge in [-0.15, -0.1) is 11.3 Å². The van der Waals surface area contributed by atoms with Crippen molar-refractivity contribution < 1.29 is 14.3 Å². The van der Waals surface area contributed by atoms with E-state index in [1.54, 1.807) is 13.4 Å². The van der Waals surface area contributed by atoms with Crippen molar-refractivity contribution in [2.24, 2.45) is 5.92 Å². The molecule has 130 valence electrons. The molecule has 1 aliphatic rings. The molecule has 2 unspecified atom stereocenters. The zero-order valence-electron chi connectivity index (χ0n) is 14.5. The molecule has 24 heavy (non-hydrogen) atoms. The van der Waals surface area contributed by atoms with Gasteiger partial charge in [0.05, 0.1) is 18.1 Å². The van der Waals surface area contributed by atoms with Gasteiger partial charge in [0.1, 0.15) is 21.9 Å². The van der Waals surface area contributed by atoms with E-state index in [9.17, 15) is 4.79 Å². The quantitative estimate of drug-likeness (QED) is 0.791. The van der Waals surface area contributed by atoms with Gasteiger partial charge < -0.3 is 14.4 Å². The molecule has 0 aliphatic carbocycles. The number of aromatic nitrogens is 2. The number of methoxy groups -OCH3 is 1. The van der Waals surface area contributed by atoms with Gasteiger partial charge in [0.2, 0.25) is 0 Å². The minimum atomic E-state index is -0.286. The zero-order valence-corrected chi connectivity index (χ0v) is 15.4. The molecule has 0 saturated carbocycles.